The molecule has 0 heterocycles. The first-order valence-electron chi connectivity index (χ1n) is 15.7. The first-order valence-corrected chi connectivity index (χ1v) is 15.7. The molecule has 0 amide bonds. The van der Waals surface area contributed by atoms with Crippen LogP contribution in [0.1, 0.15) is 83.5 Å². The first-order chi connectivity index (χ1) is 21.5. The molecule has 0 spiro atoms. The highest BCUT2D eigenvalue weighted by Gasteiger charge is 2.36. The van der Waals surface area contributed by atoms with Gasteiger partial charge in [-0.1, -0.05) is 112 Å². The van der Waals surface area contributed by atoms with Crippen LogP contribution in [-0.4, -0.2) is 18.9 Å². The van der Waals surface area contributed by atoms with E-state index >= 15 is 0 Å². The van der Waals surface area contributed by atoms with Gasteiger partial charge in [0.2, 0.25) is 0 Å². The molecule has 0 unspecified atom stereocenters. The number of ketones is 1. The summed E-state index contributed by atoms with van der Waals surface area (Å²) < 4.78 is 4.86. The lowest BCUT2D eigenvalue weighted by Gasteiger charge is -2.40. The van der Waals surface area contributed by atoms with Crippen molar-refractivity contribution >= 4 is 38.9 Å². The third kappa shape index (κ3) is 4.82. The minimum atomic E-state index is -0.423. The third-order valence-electron chi connectivity index (χ3n) is 9.75. The van der Waals surface area contributed by atoms with Crippen LogP contribution in [0.2, 0.25) is 0 Å². The molecule has 0 aliphatic heterocycles. The highest BCUT2D eigenvalue weighted by Crippen LogP contribution is 2.51. The molecule has 3 nitrogen and oxygen atoms in total. The van der Waals surface area contributed by atoms with Crippen molar-refractivity contribution in [3.05, 3.63) is 136 Å². The Kier molecular flexibility index (Phi) is 6.70. The largest absolute Gasteiger partial charge is 0.465 e. The number of allylic oxidation sites excluding steroid dienone is 4. The van der Waals surface area contributed by atoms with Gasteiger partial charge in [-0.3, -0.25) is 4.79 Å². The third-order valence-corrected chi connectivity index (χ3v) is 9.75. The van der Waals surface area contributed by atoms with E-state index in [2.05, 4.69) is 83.2 Å². The van der Waals surface area contributed by atoms with Crippen molar-refractivity contribution in [1.82, 2.24) is 0 Å². The zero-order valence-electron chi connectivity index (χ0n) is 26.9. The van der Waals surface area contributed by atoms with E-state index < -0.39 is 5.97 Å². The summed E-state index contributed by atoms with van der Waals surface area (Å²) in [6, 6.07) is 28.1. The number of benzene rings is 5. The van der Waals surface area contributed by atoms with E-state index in [1.54, 1.807) is 29.8 Å². The normalized spacial score (nSPS) is 16.4. The molecule has 0 bridgehead atoms. The average Bonchev–Trinajstić information content (AvgIpc) is 3.02. The van der Waals surface area contributed by atoms with Gasteiger partial charge in [-0.05, 0) is 104 Å². The molecular weight excluding hydrogens is 552 g/mol. The van der Waals surface area contributed by atoms with E-state index in [4.69, 9.17) is 4.74 Å². The Balaban J connectivity index is 1.41. The molecule has 2 aliphatic rings. The first kappa shape index (κ1) is 29.0. The fraction of sp³-hybridized carbons (Fsp3) is 0.238. The van der Waals surface area contributed by atoms with E-state index in [9.17, 15) is 9.59 Å². The van der Waals surface area contributed by atoms with Crippen molar-refractivity contribution in [2.24, 2.45) is 5.41 Å². The van der Waals surface area contributed by atoms with Crippen molar-refractivity contribution in [2.75, 3.05) is 7.11 Å². The number of hydrogen-bond donors (Lipinski definition) is 0. The van der Waals surface area contributed by atoms with E-state index in [1.165, 1.54) is 34.6 Å². The maximum atomic E-state index is 14.3. The molecular formula is C42H38O3. The Bertz CT molecular complexity index is 2120. The van der Waals surface area contributed by atoms with Crippen LogP contribution in [0.4, 0.5) is 0 Å². The van der Waals surface area contributed by atoms with Gasteiger partial charge in [-0.2, -0.15) is 0 Å². The number of aryl methyl sites for hydroxylation is 1. The van der Waals surface area contributed by atoms with Crippen molar-refractivity contribution in [3.8, 4) is 11.1 Å². The maximum Gasteiger partial charge on any atom is 0.337 e. The molecule has 0 N–H and O–H groups in total. The molecule has 7 rings (SSSR count). The Morgan fingerprint density at radius 2 is 1.40 bits per heavy atom. The highest BCUT2D eigenvalue weighted by atomic mass is 16.5. The topological polar surface area (TPSA) is 43.4 Å². The number of esters is 1. The summed E-state index contributed by atoms with van der Waals surface area (Å²) in [6.45, 7) is 11.6. The lowest BCUT2D eigenvalue weighted by atomic mass is 9.64. The molecule has 0 radical (unpaired) electrons. The Labute approximate surface area is 265 Å². The van der Waals surface area contributed by atoms with Crippen LogP contribution in [-0.2, 0) is 10.2 Å². The predicted molar refractivity (Wildman–Crippen MR) is 185 cm³/mol. The summed E-state index contributed by atoms with van der Waals surface area (Å²) >= 11 is 0. The number of hydrogen-bond acceptors (Lipinski definition) is 3. The molecule has 0 saturated carbocycles. The monoisotopic (exact) mass is 590 g/mol. The van der Waals surface area contributed by atoms with Crippen LogP contribution in [0.25, 0.3) is 38.2 Å². The van der Waals surface area contributed by atoms with Crippen LogP contribution >= 0.6 is 0 Å². The SMILES string of the molecule is COC(=O)c1ccc(C(=O)c2c(-c3cc4ccc5c(c4cc3C)C(C)(C)CC3=C5C=CC(C)(C)C3)ccc3ccccc23)cc1. The van der Waals surface area contributed by atoms with Crippen molar-refractivity contribution < 1.29 is 14.3 Å². The fourth-order valence-electron chi connectivity index (χ4n) is 7.68. The van der Waals surface area contributed by atoms with Crippen molar-refractivity contribution in [1.29, 1.82) is 0 Å². The Morgan fingerprint density at radius 3 is 2.16 bits per heavy atom. The summed E-state index contributed by atoms with van der Waals surface area (Å²) in [6.07, 6.45) is 6.88. The summed E-state index contributed by atoms with van der Waals surface area (Å²) in [5.41, 5.74) is 10.6. The molecule has 5 aromatic carbocycles. The van der Waals surface area contributed by atoms with Crippen molar-refractivity contribution in [3.63, 3.8) is 0 Å². The van der Waals surface area contributed by atoms with E-state index in [-0.39, 0.29) is 16.6 Å². The number of fused-ring (bicyclic) bond motifs is 5. The summed E-state index contributed by atoms with van der Waals surface area (Å²) in [7, 11) is 1.36. The minimum Gasteiger partial charge on any atom is -0.465 e. The second-order valence-electron chi connectivity index (χ2n) is 14.1. The van der Waals surface area contributed by atoms with Gasteiger partial charge in [-0.15, -0.1) is 0 Å². The molecule has 0 saturated heterocycles. The van der Waals surface area contributed by atoms with Gasteiger partial charge >= 0.3 is 5.97 Å². The van der Waals surface area contributed by atoms with Gasteiger partial charge in [-0.25, -0.2) is 4.79 Å². The summed E-state index contributed by atoms with van der Waals surface area (Å²) in [5, 5.41) is 4.39. The second kappa shape index (κ2) is 10.4. The van der Waals surface area contributed by atoms with E-state index in [1.807, 2.05) is 24.3 Å². The molecule has 45 heavy (non-hydrogen) atoms. The summed E-state index contributed by atoms with van der Waals surface area (Å²) in [5.74, 6) is -0.497. The van der Waals surface area contributed by atoms with Crippen LogP contribution < -0.4 is 0 Å². The maximum absolute atomic E-state index is 14.3. The van der Waals surface area contributed by atoms with Gasteiger partial charge in [0.1, 0.15) is 0 Å². The fourth-order valence-corrected chi connectivity index (χ4v) is 7.68. The van der Waals surface area contributed by atoms with Crippen LogP contribution in [0.5, 0.6) is 0 Å². The average molecular weight is 591 g/mol. The highest BCUT2D eigenvalue weighted by molar-refractivity contribution is 6.21. The number of methoxy groups -OCH3 is 1. The number of carbonyl (C=O) groups excluding carboxylic acids is 2. The van der Waals surface area contributed by atoms with Gasteiger partial charge in [0.05, 0.1) is 12.7 Å². The van der Waals surface area contributed by atoms with E-state index in [0.717, 1.165) is 40.3 Å². The van der Waals surface area contributed by atoms with Crippen LogP contribution in [0, 0.1) is 12.3 Å². The molecule has 0 atom stereocenters. The zero-order chi connectivity index (χ0) is 31.7. The van der Waals surface area contributed by atoms with Crippen molar-refractivity contribution in [2.45, 2.75) is 52.9 Å². The molecule has 2 aliphatic carbocycles. The molecule has 0 fully saturated rings. The molecule has 5 aromatic rings. The quantitative estimate of drug-likeness (QED) is 0.154. The smallest absolute Gasteiger partial charge is 0.337 e. The van der Waals surface area contributed by atoms with Gasteiger partial charge in [0.15, 0.2) is 5.78 Å². The predicted octanol–water partition coefficient (Wildman–Crippen LogP) is 10.4. The minimum absolute atomic E-state index is 0.00330. The molecule has 0 aromatic heterocycles. The lowest BCUT2D eigenvalue weighted by Crippen LogP contribution is -2.27. The second-order valence-corrected chi connectivity index (χ2v) is 14.1. The molecule has 224 valence electrons. The van der Waals surface area contributed by atoms with Gasteiger partial charge in [0, 0.05) is 11.1 Å². The standard InChI is InChI=1S/C42H38O3/c1-25-21-36-29(16-18-34-31-19-20-41(2,3)23-30(31)24-42(4,5)38(34)36)22-35(25)33-17-15-26-9-7-8-10-32(26)37(33)39(43)27-11-13-28(14-12-27)40(44)45-6/h7-22H,23-24H2,1-6H3. The van der Waals surface area contributed by atoms with Gasteiger partial charge < -0.3 is 4.74 Å². The number of carbonyl (C=O) groups is 2. The van der Waals surface area contributed by atoms with Crippen LogP contribution in [0.15, 0.2) is 103 Å². The van der Waals surface area contributed by atoms with Crippen LogP contribution in [0.3, 0.4) is 0 Å². The lowest BCUT2D eigenvalue weighted by molar-refractivity contribution is 0.0600. The Morgan fingerprint density at radius 1 is 0.711 bits per heavy atom. The summed E-state index contributed by atoms with van der Waals surface area (Å²) in [4.78, 5) is 26.3. The Hall–Kier alpha value is -4.76. The number of rotatable bonds is 4. The zero-order valence-corrected chi connectivity index (χ0v) is 26.9. The van der Waals surface area contributed by atoms with E-state index in [0.29, 0.717) is 16.7 Å². The molecule has 3 heteroatoms. The van der Waals surface area contributed by atoms with Gasteiger partial charge in [0.25, 0.3) is 0 Å². The number of ether oxygens (including phenoxy) is 1.